The van der Waals surface area contributed by atoms with Crippen LogP contribution in [0.2, 0.25) is 0 Å². The monoisotopic (exact) mass is 448 g/mol. The molecule has 1 aromatic carbocycles. The van der Waals surface area contributed by atoms with Gasteiger partial charge in [0.25, 0.3) is 0 Å². The number of ether oxygens (including phenoxy) is 2. The van der Waals surface area contributed by atoms with Crippen molar-refractivity contribution in [3.63, 3.8) is 0 Å². The van der Waals surface area contributed by atoms with Gasteiger partial charge in [-0.25, -0.2) is 9.67 Å². The zero-order chi connectivity index (χ0) is 22.6. The number of para-hydroxylation sites is 1. The number of rotatable bonds is 6. The summed E-state index contributed by atoms with van der Waals surface area (Å²) < 4.78 is 13.3. The molecule has 0 N–H and O–H groups in total. The minimum Gasteiger partial charge on any atom is -0.376 e. The first-order valence-electron chi connectivity index (χ1n) is 12.1. The van der Waals surface area contributed by atoms with Crippen molar-refractivity contribution in [1.82, 2.24) is 19.7 Å². The highest BCUT2D eigenvalue weighted by molar-refractivity contribution is 5.80. The van der Waals surface area contributed by atoms with Crippen molar-refractivity contribution in [2.75, 3.05) is 32.9 Å². The lowest BCUT2D eigenvalue weighted by molar-refractivity contribution is -0.139. The highest BCUT2D eigenvalue weighted by atomic mass is 16.5. The van der Waals surface area contributed by atoms with Crippen molar-refractivity contribution < 1.29 is 14.3 Å². The maximum atomic E-state index is 12.6. The predicted octanol–water partition coefficient (Wildman–Crippen LogP) is 4.02. The molecule has 33 heavy (non-hydrogen) atoms. The van der Waals surface area contributed by atoms with E-state index in [9.17, 15) is 4.79 Å². The van der Waals surface area contributed by atoms with Gasteiger partial charge in [-0.3, -0.25) is 4.79 Å². The number of piperidine rings is 1. The van der Waals surface area contributed by atoms with E-state index in [-0.39, 0.29) is 18.6 Å². The molecule has 0 saturated carbocycles. The van der Waals surface area contributed by atoms with Crippen molar-refractivity contribution in [1.29, 1.82) is 0 Å². The molecule has 5 rings (SSSR count). The minimum absolute atomic E-state index is 0.0745. The van der Waals surface area contributed by atoms with Gasteiger partial charge in [0.15, 0.2) is 5.65 Å². The molecule has 2 fully saturated rings. The van der Waals surface area contributed by atoms with E-state index in [0.29, 0.717) is 12.5 Å². The molecule has 0 aliphatic carbocycles. The molecule has 0 radical (unpaired) electrons. The van der Waals surface area contributed by atoms with E-state index in [0.717, 1.165) is 73.5 Å². The second-order valence-electron chi connectivity index (χ2n) is 9.10. The first-order valence-corrected chi connectivity index (χ1v) is 12.1. The number of hydrogen-bond donors (Lipinski definition) is 0. The van der Waals surface area contributed by atoms with Gasteiger partial charge >= 0.3 is 0 Å². The molecule has 1 amide bonds. The second-order valence-corrected chi connectivity index (χ2v) is 9.10. The smallest absolute Gasteiger partial charge is 0.248 e. The molecule has 2 aliphatic rings. The van der Waals surface area contributed by atoms with Gasteiger partial charge in [-0.15, -0.1) is 0 Å². The van der Waals surface area contributed by atoms with Crippen LogP contribution in [0.4, 0.5) is 0 Å². The normalized spacial score (nSPS) is 19.8. The van der Waals surface area contributed by atoms with Crippen LogP contribution in [0.1, 0.15) is 49.4 Å². The molecule has 0 bridgehead atoms. The molecule has 0 spiro atoms. The van der Waals surface area contributed by atoms with Crippen LogP contribution in [0.5, 0.6) is 0 Å². The largest absolute Gasteiger partial charge is 0.376 e. The number of fused-ring (bicyclic) bond motifs is 1. The third-order valence-electron chi connectivity index (χ3n) is 6.81. The zero-order valence-corrected chi connectivity index (χ0v) is 19.3. The minimum atomic E-state index is 0.0745. The average molecular weight is 449 g/mol. The summed E-state index contributed by atoms with van der Waals surface area (Å²) >= 11 is 0. The van der Waals surface area contributed by atoms with E-state index < -0.39 is 0 Å². The molecule has 3 aromatic rings. The van der Waals surface area contributed by atoms with Gasteiger partial charge in [-0.05, 0) is 63.3 Å². The van der Waals surface area contributed by atoms with Crippen LogP contribution in [-0.2, 0) is 14.3 Å². The Morgan fingerprint density at radius 2 is 1.91 bits per heavy atom. The van der Waals surface area contributed by atoms with Crippen molar-refractivity contribution >= 4 is 16.9 Å². The van der Waals surface area contributed by atoms with Gasteiger partial charge in [0.1, 0.15) is 6.61 Å². The van der Waals surface area contributed by atoms with E-state index in [4.69, 9.17) is 19.6 Å². The van der Waals surface area contributed by atoms with Crippen LogP contribution >= 0.6 is 0 Å². The molecular weight excluding hydrogens is 416 g/mol. The SMILES string of the molecule is Cc1nn(-c2ccccc2)c2nc(C3CCN(C(=O)COC[C@@H]4CCCCO4)CC3)ccc12. The zero-order valence-electron chi connectivity index (χ0n) is 19.3. The maximum absolute atomic E-state index is 12.6. The number of pyridine rings is 1. The Kier molecular flexibility index (Phi) is 6.69. The Hall–Kier alpha value is -2.77. The molecule has 2 aromatic heterocycles. The van der Waals surface area contributed by atoms with Gasteiger partial charge in [-0.2, -0.15) is 5.10 Å². The molecule has 2 aliphatic heterocycles. The Labute approximate surface area is 194 Å². The van der Waals surface area contributed by atoms with Gasteiger partial charge in [0.2, 0.25) is 5.91 Å². The maximum Gasteiger partial charge on any atom is 0.248 e. The van der Waals surface area contributed by atoms with Crippen molar-refractivity contribution in [3.8, 4) is 5.69 Å². The van der Waals surface area contributed by atoms with E-state index in [1.165, 1.54) is 6.42 Å². The molecular formula is C26H32N4O3. The first kappa shape index (κ1) is 22.0. The molecule has 7 heteroatoms. The van der Waals surface area contributed by atoms with E-state index in [1.54, 1.807) is 0 Å². The number of nitrogens with zero attached hydrogens (tertiary/aromatic N) is 4. The summed E-state index contributed by atoms with van der Waals surface area (Å²) in [6.45, 7) is 4.97. The molecule has 1 atom stereocenters. The van der Waals surface area contributed by atoms with Crippen LogP contribution in [0.25, 0.3) is 16.7 Å². The summed E-state index contributed by atoms with van der Waals surface area (Å²) in [5, 5.41) is 5.80. The third kappa shape index (κ3) is 4.94. The second kappa shape index (κ2) is 10.0. The van der Waals surface area contributed by atoms with Crippen LogP contribution in [-0.4, -0.2) is 64.6 Å². The number of aromatic nitrogens is 3. The lowest BCUT2D eigenvalue weighted by Gasteiger charge is -2.32. The number of amides is 1. The molecule has 4 heterocycles. The Morgan fingerprint density at radius 1 is 1.09 bits per heavy atom. The summed E-state index contributed by atoms with van der Waals surface area (Å²) in [7, 11) is 0. The van der Waals surface area contributed by atoms with E-state index in [2.05, 4.69) is 12.1 Å². The Bertz CT molecular complexity index is 1080. The van der Waals surface area contributed by atoms with Gasteiger partial charge in [0.05, 0.1) is 24.1 Å². The highest BCUT2D eigenvalue weighted by Gasteiger charge is 2.26. The average Bonchev–Trinajstić information content (AvgIpc) is 3.21. The van der Waals surface area contributed by atoms with Crippen LogP contribution in [0.15, 0.2) is 42.5 Å². The van der Waals surface area contributed by atoms with Crippen molar-refractivity contribution in [2.45, 2.75) is 51.0 Å². The summed E-state index contributed by atoms with van der Waals surface area (Å²) in [6.07, 6.45) is 5.30. The Morgan fingerprint density at radius 3 is 2.67 bits per heavy atom. The van der Waals surface area contributed by atoms with Gasteiger partial charge < -0.3 is 14.4 Å². The lowest BCUT2D eigenvalue weighted by atomic mass is 9.93. The topological polar surface area (TPSA) is 69.5 Å². The predicted molar refractivity (Wildman–Crippen MR) is 127 cm³/mol. The van der Waals surface area contributed by atoms with Crippen molar-refractivity contribution in [3.05, 3.63) is 53.9 Å². The fourth-order valence-electron chi connectivity index (χ4n) is 4.87. The van der Waals surface area contributed by atoms with Crippen LogP contribution in [0, 0.1) is 6.92 Å². The summed E-state index contributed by atoms with van der Waals surface area (Å²) in [5.41, 5.74) is 3.97. The molecule has 2 saturated heterocycles. The highest BCUT2D eigenvalue weighted by Crippen LogP contribution is 2.29. The summed E-state index contributed by atoms with van der Waals surface area (Å²) in [5.74, 6) is 0.417. The number of benzene rings is 1. The van der Waals surface area contributed by atoms with E-state index in [1.807, 2.05) is 46.8 Å². The molecule has 174 valence electrons. The Balaban J connectivity index is 1.20. The lowest BCUT2D eigenvalue weighted by Crippen LogP contribution is -2.40. The number of carbonyl (C=O) groups is 1. The fourth-order valence-corrected chi connectivity index (χ4v) is 4.87. The fraction of sp³-hybridized carbons (Fsp3) is 0.500. The molecule has 0 unspecified atom stereocenters. The standard InChI is InChI=1S/C26H32N4O3/c1-19-23-10-11-24(27-26(23)30(28-19)21-7-3-2-4-8-21)20-12-14-29(15-13-20)25(31)18-32-17-22-9-5-6-16-33-22/h2-4,7-8,10-11,20,22H,5-6,9,12-18H2,1H3/t22-/m0/s1. The third-order valence-corrected chi connectivity index (χ3v) is 6.81. The van der Waals surface area contributed by atoms with Crippen LogP contribution in [0.3, 0.4) is 0 Å². The van der Waals surface area contributed by atoms with Crippen molar-refractivity contribution in [2.24, 2.45) is 0 Å². The first-order chi connectivity index (χ1) is 16.2. The summed E-state index contributed by atoms with van der Waals surface area (Å²) in [6, 6.07) is 14.4. The quantitative estimate of drug-likeness (QED) is 0.570. The number of likely N-dealkylation sites (tertiary alicyclic amines) is 1. The van der Waals surface area contributed by atoms with Gasteiger partial charge in [0, 0.05) is 36.7 Å². The number of carbonyl (C=O) groups excluding carboxylic acids is 1. The van der Waals surface area contributed by atoms with E-state index >= 15 is 0 Å². The summed E-state index contributed by atoms with van der Waals surface area (Å²) in [4.78, 5) is 19.5. The number of aryl methyl sites for hydroxylation is 1. The van der Waals surface area contributed by atoms with Gasteiger partial charge in [-0.1, -0.05) is 18.2 Å². The number of hydrogen-bond acceptors (Lipinski definition) is 5. The van der Waals surface area contributed by atoms with Crippen LogP contribution < -0.4 is 0 Å². The molecule has 7 nitrogen and oxygen atoms in total.